The number of nitrogens with zero attached hydrogens (tertiary/aromatic N) is 3. The van der Waals surface area contributed by atoms with E-state index >= 15 is 0 Å². The summed E-state index contributed by atoms with van der Waals surface area (Å²) in [6.07, 6.45) is 12.1. The molecule has 0 atom stereocenters. The Morgan fingerprint density at radius 3 is 2.39 bits per heavy atom. The van der Waals surface area contributed by atoms with Crippen molar-refractivity contribution in [2.24, 2.45) is 5.73 Å². The van der Waals surface area contributed by atoms with Crippen LogP contribution in [-0.2, 0) is 18.5 Å². The third-order valence-corrected chi connectivity index (χ3v) is 4.55. The lowest BCUT2D eigenvalue weighted by molar-refractivity contribution is 0.344. The Morgan fingerprint density at radius 2 is 1.61 bits per heavy atom. The molecule has 0 amide bonds. The summed E-state index contributed by atoms with van der Waals surface area (Å²) in [5.41, 5.74) is 6.46. The lowest BCUT2D eigenvalue weighted by Gasteiger charge is -2.27. The normalized spacial score (nSPS) is 24.1. The molecular weight excluding hydrogens is 224 g/mol. The minimum atomic E-state index is -0.216. The predicted molar refractivity (Wildman–Crippen MR) is 71.1 cm³/mol. The molecule has 0 unspecified atom stereocenters. The Bertz CT molecular complexity index is 402. The van der Waals surface area contributed by atoms with Gasteiger partial charge in [-0.15, -0.1) is 10.2 Å². The van der Waals surface area contributed by atoms with Crippen LogP contribution in [-0.4, -0.2) is 14.8 Å². The summed E-state index contributed by atoms with van der Waals surface area (Å²) in [6.45, 7) is 1.07. The van der Waals surface area contributed by atoms with Crippen LogP contribution in [0.4, 0.5) is 0 Å². The molecule has 0 aromatic carbocycles. The van der Waals surface area contributed by atoms with Gasteiger partial charge in [-0.2, -0.15) is 0 Å². The van der Waals surface area contributed by atoms with Gasteiger partial charge in [-0.3, -0.25) is 0 Å². The lowest BCUT2D eigenvalue weighted by atomic mass is 9.90. The fraction of sp³-hybridized carbons (Fsp3) is 0.857. The molecule has 100 valence electrons. The largest absolute Gasteiger partial charge is 0.319 e. The van der Waals surface area contributed by atoms with Gasteiger partial charge >= 0.3 is 0 Å². The van der Waals surface area contributed by atoms with Crippen molar-refractivity contribution in [1.29, 1.82) is 0 Å². The van der Waals surface area contributed by atoms with E-state index in [1.165, 1.54) is 44.9 Å². The van der Waals surface area contributed by atoms with E-state index in [-0.39, 0.29) is 5.54 Å². The summed E-state index contributed by atoms with van der Waals surface area (Å²) in [6, 6.07) is 0. The minimum Gasteiger partial charge on any atom is -0.319 e. The third-order valence-electron chi connectivity index (χ3n) is 4.55. The van der Waals surface area contributed by atoms with E-state index in [1.54, 1.807) is 0 Å². The molecule has 1 fully saturated rings. The van der Waals surface area contributed by atoms with Crippen LogP contribution in [0, 0.1) is 0 Å². The molecule has 1 aliphatic carbocycles. The Balaban J connectivity index is 1.93. The Labute approximate surface area is 109 Å². The highest BCUT2D eigenvalue weighted by molar-refractivity contribution is 5.10. The first-order chi connectivity index (χ1) is 8.80. The second-order valence-corrected chi connectivity index (χ2v) is 5.97. The van der Waals surface area contributed by atoms with Crippen LogP contribution in [0.25, 0.3) is 0 Å². The monoisotopic (exact) mass is 248 g/mol. The molecule has 0 saturated heterocycles. The molecule has 3 rings (SSSR count). The smallest absolute Gasteiger partial charge is 0.153 e. The van der Waals surface area contributed by atoms with Crippen LogP contribution in [0.2, 0.25) is 0 Å². The van der Waals surface area contributed by atoms with Crippen LogP contribution in [0.3, 0.4) is 0 Å². The van der Waals surface area contributed by atoms with E-state index in [9.17, 15) is 0 Å². The molecule has 4 nitrogen and oxygen atoms in total. The van der Waals surface area contributed by atoms with Crippen molar-refractivity contribution >= 4 is 0 Å². The third kappa shape index (κ3) is 2.18. The van der Waals surface area contributed by atoms with Crippen molar-refractivity contribution in [3.05, 3.63) is 11.6 Å². The molecule has 18 heavy (non-hydrogen) atoms. The molecule has 4 heteroatoms. The number of hydrogen-bond acceptors (Lipinski definition) is 3. The summed E-state index contributed by atoms with van der Waals surface area (Å²) in [5.74, 6) is 2.23. The molecular formula is C14H24N4. The van der Waals surface area contributed by atoms with E-state index < -0.39 is 0 Å². The van der Waals surface area contributed by atoms with Crippen molar-refractivity contribution in [3.8, 4) is 0 Å². The van der Waals surface area contributed by atoms with Crippen molar-refractivity contribution in [3.63, 3.8) is 0 Å². The number of nitrogens with two attached hydrogens (primary N) is 1. The minimum absolute atomic E-state index is 0.216. The molecule has 1 saturated carbocycles. The maximum atomic E-state index is 6.68. The van der Waals surface area contributed by atoms with Gasteiger partial charge in [0.05, 0.1) is 5.54 Å². The SMILES string of the molecule is NC1(c2nnc3n2CCCCC3)CCCCCC1. The van der Waals surface area contributed by atoms with Gasteiger partial charge in [0.1, 0.15) is 5.82 Å². The van der Waals surface area contributed by atoms with E-state index in [0.717, 1.165) is 37.5 Å². The molecule has 1 aliphatic heterocycles. The summed E-state index contributed by atoms with van der Waals surface area (Å²) in [7, 11) is 0. The average molecular weight is 248 g/mol. The van der Waals surface area contributed by atoms with Gasteiger partial charge in [-0.1, -0.05) is 32.1 Å². The molecule has 0 spiro atoms. The Hall–Kier alpha value is -0.900. The van der Waals surface area contributed by atoms with Crippen molar-refractivity contribution in [2.75, 3.05) is 0 Å². The number of rotatable bonds is 1. The zero-order valence-corrected chi connectivity index (χ0v) is 11.2. The Morgan fingerprint density at radius 1 is 0.889 bits per heavy atom. The second kappa shape index (κ2) is 5.00. The maximum Gasteiger partial charge on any atom is 0.153 e. The van der Waals surface area contributed by atoms with Gasteiger partial charge in [0.2, 0.25) is 0 Å². The number of hydrogen-bond donors (Lipinski definition) is 1. The molecule has 1 aromatic heterocycles. The zero-order valence-electron chi connectivity index (χ0n) is 11.2. The van der Waals surface area contributed by atoms with E-state index in [0.29, 0.717) is 0 Å². The first-order valence-electron chi connectivity index (χ1n) is 7.51. The van der Waals surface area contributed by atoms with Gasteiger partial charge in [0, 0.05) is 13.0 Å². The standard InChI is InChI=1S/C14H24N4/c15-14(9-5-1-2-6-10-14)13-17-16-12-8-4-3-7-11-18(12)13/h1-11,15H2. The van der Waals surface area contributed by atoms with Gasteiger partial charge in [0.15, 0.2) is 5.82 Å². The fourth-order valence-corrected chi connectivity index (χ4v) is 3.44. The predicted octanol–water partition coefficient (Wildman–Crippen LogP) is 2.51. The van der Waals surface area contributed by atoms with Crippen LogP contribution >= 0.6 is 0 Å². The van der Waals surface area contributed by atoms with Crippen LogP contribution in [0.5, 0.6) is 0 Å². The van der Waals surface area contributed by atoms with E-state index in [2.05, 4.69) is 14.8 Å². The second-order valence-electron chi connectivity index (χ2n) is 5.97. The summed E-state index contributed by atoms with van der Waals surface area (Å²) in [5, 5.41) is 8.87. The first kappa shape index (κ1) is 12.2. The van der Waals surface area contributed by atoms with Crippen LogP contribution in [0.15, 0.2) is 0 Å². The number of aromatic nitrogens is 3. The highest BCUT2D eigenvalue weighted by atomic mass is 15.3. The molecule has 2 N–H and O–H groups in total. The quantitative estimate of drug-likeness (QED) is 0.777. The summed E-state index contributed by atoms with van der Waals surface area (Å²) >= 11 is 0. The summed E-state index contributed by atoms with van der Waals surface area (Å²) in [4.78, 5) is 0. The topological polar surface area (TPSA) is 56.7 Å². The molecule has 0 bridgehead atoms. The maximum absolute atomic E-state index is 6.68. The molecule has 2 heterocycles. The molecule has 2 aliphatic rings. The number of aryl methyl sites for hydroxylation is 1. The fourth-order valence-electron chi connectivity index (χ4n) is 3.44. The van der Waals surface area contributed by atoms with Gasteiger partial charge < -0.3 is 10.3 Å². The van der Waals surface area contributed by atoms with Crippen molar-refractivity contribution < 1.29 is 0 Å². The molecule has 1 aromatic rings. The van der Waals surface area contributed by atoms with Crippen LogP contribution < -0.4 is 5.73 Å². The average Bonchev–Trinajstić information content (AvgIpc) is 2.57. The zero-order chi connectivity index (χ0) is 12.4. The summed E-state index contributed by atoms with van der Waals surface area (Å²) < 4.78 is 2.33. The van der Waals surface area contributed by atoms with Gasteiger partial charge in [0.25, 0.3) is 0 Å². The van der Waals surface area contributed by atoms with E-state index in [4.69, 9.17) is 5.73 Å². The van der Waals surface area contributed by atoms with Crippen molar-refractivity contribution in [2.45, 2.75) is 76.3 Å². The molecule has 0 radical (unpaired) electrons. The first-order valence-corrected chi connectivity index (χ1v) is 7.51. The van der Waals surface area contributed by atoms with E-state index in [1.807, 2.05) is 0 Å². The number of fused-ring (bicyclic) bond motifs is 1. The Kier molecular flexibility index (Phi) is 3.37. The van der Waals surface area contributed by atoms with Gasteiger partial charge in [-0.25, -0.2) is 0 Å². The van der Waals surface area contributed by atoms with Crippen LogP contribution in [0.1, 0.15) is 69.4 Å². The van der Waals surface area contributed by atoms with Crippen molar-refractivity contribution in [1.82, 2.24) is 14.8 Å². The highest BCUT2D eigenvalue weighted by Crippen LogP contribution is 2.33. The van der Waals surface area contributed by atoms with Gasteiger partial charge in [-0.05, 0) is 25.7 Å². The lowest BCUT2D eigenvalue weighted by Crippen LogP contribution is -2.39. The highest BCUT2D eigenvalue weighted by Gasteiger charge is 2.34.